The van der Waals surface area contributed by atoms with E-state index in [2.05, 4.69) is 25.7 Å². The molecule has 4 nitrogen and oxygen atoms in total. The van der Waals surface area contributed by atoms with Crippen LogP contribution in [0.2, 0.25) is 0 Å². The van der Waals surface area contributed by atoms with Crippen LogP contribution in [0.3, 0.4) is 0 Å². The summed E-state index contributed by atoms with van der Waals surface area (Å²) in [5, 5.41) is 8.29. The predicted molar refractivity (Wildman–Crippen MR) is 45.3 cm³/mol. The highest BCUT2D eigenvalue weighted by molar-refractivity contribution is 9.10. The molecule has 1 heterocycles. The molecule has 12 heavy (non-hydrogen) atoms. The van der Waals surface area contributed by atoms with Gasteiger partial charge in [-0.05, 0) is 28.9 Å². The molecule has 1 rings (SSSR count). The Balaban J connectivity index is 2.93. The number of aryl methyl sites for hydroxylation is 1. The van der Waals surface area contributed by atoms with E-state index in [1.807, 2.05) is 0 Å². The van der Waals surface area contributed by atoms with Gasteiger partial charge in [0.05, 0.1) is 0 Å². The van der Waals surface area contributed by atoms with Crippen LogP contribution >= 0.6 is 15.9 Å². The van der Waals surface area contributed by atoms with Crippen LogP contribution in [0.25, 0.3) is 0 Å². The highest BCUT2D eigenvalue weighted by Gasteiger charge is 2.05. The first-order chi connectivity index (χ1) is 5.59. The zero-order valence-corrected chi connectivity index (χ0v) is 7.83. The van der Waals surface area contributed by atoms with Crippen LogP contribution < -0.4 is 4.74 Å². The van der Waals surface area contributed by atoms with E-state index in [0.29, 0.717) is 5.56 Å². The summed E-state index contributed by atoms with van der Waals surface area (Å²) in [5.41, 5.74) is 0.673. The number of ether oxygens (including phenoxy) is 1. The summed E-state index contributed by atoms with van der Waals surface area (Å²) >= 11 is 3.20. The van der Waals surface area contributed by atoms with Crippen LogP contribution in [0.4, 0.5) is 4.79 Å². The molecule has 0 aliphatic heterocycles. The van der Waals surface area contributed by atoms with E-state index in [-0.39, 0.29) is 5.88 Å². The molecule has 1 aromatic heterocycles. The maximum Gasteiger partial charge on any atom is 0.512 e. The Hall–Kier alpha value is -1.10. The normalized spacial score (nSPS) is 9.50. The lowest BCUT2D eigenvalue weighted by atomic mass is 10.3. The van der Waals surface area contributed by atoms with Crippen molar-refractivity contribution in [1.29, 1.82) is 0 Å². The number of hydrogen-bond donors (Lipinski definition) is 1. The molecule has 0 saturated heterocycles. The quantitative estimate of drug-likeness (QED) is 0.754. The lowest BCUT2D eigenvalue weighted by Gasteiger charge is -2.01. The van der Waals surface area contributed by atoms with Gasteiger partial charge in [-0.1, -0.05) is 0 Å². The zero-order chi connectivity index (χ0) is 9.14. The van der Waals surface area contributed by atoms with E-state index in [9.17, 15) is 4.79 Å². The third-order valence-corrected chi connectivity index (χ3v) is 1.61. The third kappa shape index (κ3) is 2.20. The van der Waals surface area contributed by atoms with E-state index >= 15 is 0 Å². The monoisotopic (exact) mass is 231 g/mol. The largest absolute Gasteiger partial charge is 0.512 e. The predicted octanol–water partition coefficient (Wildman–Crippen LogP) is 2.21. The van der Waals surface area contributed by atoms with Gasteiger partial charge in [-0.15, -0.1) is 0 Å². The number of halogens is 1. The fraction of sp³-hybridized carbons (Fsp3) is 0.143. The van der Waals surface area contributed by atoms with Gasteiger partial charge in [-0.2, -0.15) is 0 Å². The molecule has 0 aromatic carbocycles. The van der Waals surface area contributed by atoms with Crippen LogP contribution in [0.15, 0.2) is 16.7 Å². The third-order valence-electron chi connectivity index (χ3n) is 1.18. The first kappa shape index (κ1) is 8.99. The number of nitrogens with zero attached hydrogens (tertiary/aromatic N) is 1. The standard InChI is InChI=1S/C7H6BrNO3/c1-4-2-5(8)3-9-6(4)12-7(10)11/h2-3H,1H3,(H,10,11). The first-order valence-corrected chi connectivity index (χ1v) is 3.92. The number of carbonyl (C=O) groups is 1. The molecule has 0 radical (unpaired) electrons. The SMILES string of the molecule is Cc1cc(Br)cnc1OC(=O)O. The van der Waals surface area contributed by atoms with E-state index in [1.165, 1.54) is 6.20 Å². The van der Waals surface area contributed by atoms with Gasteiger partial charge in [-0.25, -0.2) is 9.78 Å². The van der Waals surface area contributed by atoms with Crippen molar-refractivity contribution in [3.63, 3.8) is 0 Å². The van der Waals surface area contributed by atoms with Gasteiger partial charge in [0.15, 0.2) is 0 Å². The summed E-state index contributed by atoms with van der Waals surface area (Å²) in [6.45, 7) is 1.72. The van der Waals surface area contributed by atoms with E-state index in [4.69, 9.17) is 5.11 Å². The molecule has 5 heteroatoms. The second-order valence-electron chi connectivity index (χ2n) is 2.14. The zero-order valence-electron chi connectivity index (χ0n) is 6.24. The van der Waals surface area contributed by atoms with Crippen LogP contribution in [-0.2, 0) is 0 Å². The number of aromatic nitrogens is 1. The van der Waals surface area contributed by atoms with Gasteiger partial charge in [0, 0.05) is 16.2 Å². The number of carboxylic acid groups (broad SMARTS) is 1. The Morgan fingerprint density at radius 3 is 2.92 bits per heavy atom. The van der Waals surface area contributed by atoms with Gasteiger partial charge in [0.1, 0.15) is 0 Å². The summed E-state index contributed by atoms with van der Waals surface area (Å²) in [5.74, 6) is 0.116. The molecule has 0 saturated carbocycles. The van der Waals surface area contributed by atoms with Gasteiger partial charge in [0.25, 0.3) is 0 Å². The van der Waals surface area contributed by atoms with Gasteiger partial charge < -0.3 is 9.84 Å². The molecule has 0 aliphatic rings. The Morgan fingerprint density at radius 1 is 1.75 bits per heavy atom. The molecular formula is C7H6BrNO3. The fourth-order valence-corrected chi connectivity index (χ4v) is 1.16. The molecule has 0 spiro atoms. The smallest absolute Gasteiger partial charge is 0.449 e. The van der Waals surface area contributed by atoms with Crippen molar-refractivity contribution in [3.05, 3.63) is 22.3 Å². The Labute approximate surface area is 77.3 Å². The van der Waals surface area contributed by atoms with Crippen molar-refractivity contribution in [3.8, 4) is 5.88 Å². The summed E-state index contributed by atoms with van der Waals surface area (Å²) in [6, 6.07) is 1.73. The minimum Gasteiger partial charge on any atom is -0.449 e. The Bertz CT molecular complexity index is 314. The fourth-order valence-electron chi connectivity index (χ4n) is 0.717. The average Bonchev–Trinajstić information content (AvgIpc) is 1.94. The van der Waals surface area contributed by atoms with Crippen molar-refractivity contribution in [2.45, 2.75) is 6.92 Å². The maximum atomic E-state index is 10.1. The summed E-state index contributed by atoms with van der Waals surface area (Å²) in [7, 11) is 0. The van der Waals surface area contributed by atoms with Crippen molar-refractivity contribution in [2.75, 3.05) is 0 Å². The maximum absolute atomic E-state index is 10.1. The number of hydrogen-bond acceptors (Lipinski definition) is 3. The highest BCUT2D eigenvalue weighted by atomic mass is 79.9. The molecule has 0 aliphatic carbocycles. The number of rotatable bonds is 1. The van der Waals surface area contributed by atoms with Gasteiger partial charge >= 0.3 is 6.16 Å². The van der Waals surface area contributed by atoms with Crippen LogP contribution in [-0.4, -0.2) is 16.2 Å². The minimum absolute atomic E-state index is 0.116. The molecule has 0 atom stereocenters. The topological polar surface area (TPSA) is 59.4 Å². The second kappa shape index (κ2) is 3.53. The molecule has 0 fully saturated rings. The molecule has 1 aromatic rings. The Kier molecular flexibility index (Phi) is 2.65. The molecule has 64 valence electrons. The van der Waals surface area contributed by atoms with Gasteiger partial charge in [0.2, 0.25) is 5.88 Å². The molecule has 0 amide bonds. The van der Waals surface area contributed by atoms with Gasteiger partial charge in [-0.3, -0.25) is 0 Å². The summed E-state index contributed by atoms with van der Waals surface area (Å²) < 4.78 is 5.17. The Morgan fingerprint density at radius 2 is 2.42 bits per heavy atom. The van der Waals surface area contributed by atoms with Crippen LogP contribution in [0.1, 0.15) is 5.56 Å². The van der Waals surface area contributed by atoms with Crippen LogP contribution in [0, 0.1) is 6.92 Å². The van der Waals surface area contributed by atoms with Crippen molar-refractivity contribution >= 4 is 22.1 Å². The minimum atomic E-state index is -1.35. The lowest BCUT2D eigenvalue weighted by Crippen LogP contribution is -2.05. The van der Waals surface area contributed by atoms with E-state index < -0.39 is 6.16 Å². The summed E-state index contributed by atoms with van der Waals surface area (Å²) in [4.78, 5) is 13.9. The van der Waals surface area contributed by atoms with E-state index in [1.54, 1.807) is 13.0 Å². The van der Waals surface area contributed by atoms with Crippen molar-refractivity contribution in [2.24, 2.45) is 0 Å². The van der Waals surface area contributed by atoms with E-state index in [0.717, 1.165) is 4.47 Å². The van der Waals surface area contributed by atoms with Crippen molar-refractivity contribution < 1.29 is 14.6 Å². The molecule has 0 unspecified atom stereocenters. The second-order valence-corrected chi connectivity index (χ2v) is 3.06. The molecule has 0 bridgehead atoms. The first-order valence-electron chi connectivity index (χ1n) is 3.12. The average molecular weight is 232 g/mol. The number of pyridine rings is 1. The van der Waals surface area contributed by atoms with Crippen LogP contribution in [0.5, 0.6) is 5.88 Å². The lowest BCUT2D eigenvalue weighted by molar-refractivity contribution is 0.142. The molecular weight excluding hydrogens is 226 g/mol. The highest BCUT2D eigenvalue weighted by Crippen LogP contribution is 2.18. The van der Waals surface area contributed by atoms with Crippen molar-refractivity contribution in [1.82, 2.24) is 4.98 Å². The summed E-state index contributed by atoms with van der Waals surface area (Å²) in [6.07, 6.45) is 0.124. The molecule has 1 N–H and O–H groups in total.